The number of likely N-dealkylation sites (tertiary alicyclic amines) is 1. The number of aromatic nitrogens is 4. The lowest BCUT2D eigenvalue weighted by Crippen LogP contribution is -2.19. The largest absolute Gasteiger partial charge is 0.315 e. The van der Waals surface area contributed by atoms with Crippen LogP contribution in [0.2, 0.25) is 0 Å². The minimum Gasteiger partial charge on any atom is -0.315 e. The van der Waals surface area contributed by atoms with Gasteiger partial charge >= 0.3 is 0 Å². The van der Waals surface area contributed by atoms with Gasteiger partial charge in [-0.3, -0.25) is 4.90 Å². The summed E-state index contributed by atoms with van der Waals surface area (Å²) in [6.07, 6.45) is 3.29. The predicted molar refractivity (Wildman–Crippen MR) is 83.9 cm³/mol. The van der Waals surface area contributed by atoms with Crippen molar-refractivity contribution in [3.63, 3.8) is 0 Å². The van der Waals surface area contributed by atoms with Crippen LogP contribution in [0.4, 0.5) is 10.9 Å². The first kappa shape index (κ1) is 14.3. The Labute approximate surface area is 128 Å². The lowest BCUT2D eigenvalue weighted by atomic mass is 10.1. The molecule has 1 aliphatic heterocycles. The summed E-state index contributed by atoms with van der Waals surface area (Å²) in [5.74, 6) is 1.59. The maximum Gasteiger partial charge on any atom is 0.211 e. The van der Waals surface area contributed by atoms with E-state index in [2.05, 4.69) is 44.4 Å². The van der Waals surface area contributed by atoms with Gasteiger partial charge in [-0.1, -0.05) is 18.3 Å². The van der Waals surface area contributed by atoms with Crippen molar-refractivity contribution in [2.45, 2.75) is 39.2 Å². The quantitative estimate of drug-likeness (QED) is 0.937. The molecule has 3 rings (SSSR count). The van der Waals surface area contributed by atoms with Crippen LogP contribution in [0.15, 0.2) is 6.07 Å². The SMILES string of the molecule is CCc1nnc(Nc2cc(C3CCCN3C)nc(C)n2)s1. The highest BCUT2D eigenvalue weighted by molar-refractivity contribution is 7.15. The van der Waals surface area contributed by atoms with Crippen molar-refractivity contribution in [1.29, 1.82) is 0 Å². The molecule has 0 aliphatic carbocycles. The average Bonchev–Trinajstić information content (AvgIpc) is 3.07. The molecule has 112 valence electrons. The second-order valence-electron chi connectivity index (χ2n) is 5.34. The maximum atomic E-state index is 4.60. The number of hydrogen-bond acceptors (Lipinski definition) is 7. The van der Waals surface area contributed by atoms with Gasteiger partial charge in [-0.25, -0.2) is 9.97 Å². The summed E-state index contributed by atoms with van der Waals surface area (Å²) in [7, 11) is 2.15. The van der Waals surface area contributed by atoms with Crippen molar-refractivity contribution in [3.05, 3.63) is 22.6 Å². The van der Waals surface area contributed by atoms with Gasteiger partial charge in [0.05, 0.1) is 11.7 Å². The monoisotopic (exact) mass is 304 g/mol. The summed E-state index contributed by atoms with van der Waals surface area (Å²) in [5.41, 5.74) is 1.09. The zero-order chi connectivity index (χ0) is 14.8. The standard InChI is InChI=1S/C14H20N6S/c1-4-13-18-19-14(21-13)17-12-8-10(15-9(2)16-12)11-6-5-7-20(11)3/h8,11H,4-7H2,1-3H3,(H,15,16,17,19). The Morgan fingerprint density at radius 1 is 1.38 bits per heavy atom. The molecular weight excluding hydrogens is 284 g/mol. The van der Waals surface area contributed by atoms with Crippen molar-refractivity contribution in [3.8, 4) is 0 Å². The first-order valence-corrected chi connectivity index (χ1v) is 8.12. The molecule has 6 nitrogen and oxygen atoms in total. The summed E-state index contributed by atoms with van der Waals surface area (Å²) in [4.78, 5) is 11.4. The van der Waals surface area contributed by atoms with Crippen LogP contribution < -0.4 is 5.32 Å². The Morgan fingerprint density at radius 3 is 2.90 bits per heavy atom. The molecular formula is C14H20N6S. The molecule has 2 aromatic heterocycles. The van der Waals surface area contributed by atoms with Crippen LogP contribution in [0.5, 0.6) is 0 Å². The molecule has 0 amide bonds. The first-order valence-electron chi connectivity index (χ1n) is 7.31. The Kier molecular flexibility index (Phi) is 4.12. The van der Waals surface area contributed by atoms with E-state index in [1.807, 2.05) is 13.0 Å². The van der Waals surface area contributed by atoms with Gasteiger partial charge in [-0.2, -0.15) is 0 Å². The molecule has 0 aromatic carbocycles. The summed E-state index contributed by atoms with van der Waals surface area (Å²) in [6.45, 7) is 5.14. The van der Waals surface area contributed by atoms with Crippen LogP contribution >= 0.6 is 11.3 Å². The van der Waals surface area contributed by atoms with Gasteiger partial charge in [0.1, 0.15) is 16.6 Å². The van der Waals surface area contributed by atoms with Crippen LogP contribution in [-0.2, 0) is 6.42 Å². The molecule has 0 bridgehead atoms. The van der Waals surface area contributed by atoms with E-state index in [9.17, 15) is 0 Å². The Hall–Kier alpha value is -1.60. The summed E-state index contributed by atoms with van der Waals surface area (Å²) >= 11 is 1.57. The number of rotatable bonds is 4. The highest BCUT2D eigenvalue weighted by Crippen LogP contribution is 2.30. The fourth-order valence-corrected chi connectivity index (χ4v) is 3.35. The number of hydrogen-bond donors (Lipinski definition) is 1. The Morgan fingerprint density at radius 2 is 2.24 bits per heavy atom. The van der Waals surface area contributed by atoms with Crippen molar-refractivity contribution in [2.75, 3.05) is 18.9 Å². The molecule has 1 unspecified atom stereocenters. The van der Waals surface area contributed by atoms with Crippen LogP contribution in [0, 0.1) is 6.92 Å². The second-order valence-corrected chi connectivity index (χ2v) is 6.41. The number of aryl methyl sites for hydroxylation is 2. The molecule has 1 fully saturated rings. The highest BCUT2D eigenvalue weighted by Gasteiger charge is 2.24. The van der Waals surface area contributed by atoms with Crippen molar-refractivity contribution in [1.82, 2.24) is 25.1 Å². The van der Waals surface area contributed by atoms with Gasteiger partial charge in [0.25, 0.3) is 0 Å². The lowest BCUT2D eigenvalue weighted by molar-refractivity contribution is 0.311. The molecule has 0 radical (unpaired) electrons. The average molecular weight is 304 g/mol. The molecule has 1 N–H and O–H groups in total. The van der Waals surface area contributed by atoms with Crippen LogP contribution in [-0.4, -0.2) is 38.7 Å². The van der Waals surface area contributed by atoms with E-state index in [4.69, 9.17) is 0 Å². The molecule has 1 atom stereocenters. The van der Waals surface area contributed by atoms with Crippen molar-refractivity contribution >= 4 is 22.3 Å². The fraction of sp³-hybridized carbons (Fsp3) is 0.571. The second kappa shape index (κ2) is 6.03. The van der Waals surface area contributed by atoms with E-state index < -0.39 is 0 Å². The van der Waals surface area contributed by atoms with Crippen molar-refractivity contribution < 1.29 is 0 Å². The van der Waals surface area contributed by atoms with Gasteiger partial charge in [0.2, 0.25) is 5.13 Å². The van der Waals surface area contributed by atoms with E-state index in [0.717, 1.165) is 46.9 Å². The van der Waals surface area contributed by atoms with E-state index in [-0.39, 0.29) is 0 Å². The van der Waals surface area contributed by atoms with Gasteiger partial charge < -0.3 is 5.32 Å². The zero-order valence-electron chi connectivity index (χ0n) is 12.6. The fourth-order valence-electron chi connectivity index (χ4n) is 2.67. The third kappa shape index (κ3) is 3.19. The summed E-state index contributed by atoms with van der Waals surface area (Å²) < 4.78 is 0. The van der Waals surface area contributed by atoms with Gasteiger partial charge in [-0.15, -0.1) is 10.2 Å². The smallest absolute Gasteiger partial charge is 0.211 e. The third-order valence-electron chi connectivity index (χ3n) is 3.72. The molecule has 7 heteroatoms. The highest BCUT2D eigenvalue weighted by atomic mass is 32.1. The Balaban J connectivity index is 1.83. The minimum absolute atomic E-state index is 0.396. The van der Waals surface area contributed by atoms with E-state index in [1.54, 1.807) is 11.3 Å². The minimum atomic E-state index is 0.396. The topological polar surface area (TPSA) is 66.8 Å². The number of nitrogens with zero attached hydrogens (tertiary/aromatic N) is 5. The summed E-state index contributed by atoms with van der Waals surface area (Å²) in [5, 5.41) is 13.3. The normalized spacial score (nSPS) is 19.1. The van der Waals surface area contributed by atoms with Crippen molar-refractivity contribution in [2.24, 2.45) is 0 Å². The molecule has 3 heterocycles. The van der Waals surface area contributed by atoms with E-state index in [1.165, 1.54) is 6.42 Å². The lowest BCUT2D eigenvalue weighted by Gasteiger charge is -2.19. The van der Waals surface area contributed by atoms with Crippen LogP contribution in [0.3, 0.4) is 0 Å². The molecule has 1 saturated heterocycles. The van der Waals surface area contributed by atoms with Gasteiger partial charge in [0.15, 0.2) is 0 Å². The zero-order valence-corrected chi connectivity index (χ0v) is 13.4. The van der Waals surface area contributed by atoms with Crippen LogP contribution in [0.1, 0.15) is 42.3 Å². The van der Waals surface area contributed by atoms with Crippen LogP contribution in [0.25, 0.3) is 0 Å². The number of nitrogens with one attached hydrogen (secondary N) is 1. The van der Waals surface area contributed by atoms with E-state index >= 15 is 0 Å². The molecule has 21 heavy (non-hydrogen) atoms. The van der Waals surface area contributed by atoms with E-state index in [0.29, 0.717) is 6.04 Å². The first-order chi connectivity index (χ1) is 10.2. The predicted octanol–water partition coefficient (Wildman–Crippen LogP) is 2.71. The molecule has 2 aromatic rings. The maximum absolute atomic E-state index is 4.60. The number of anilines is 2. The Bertz CT molecular complexity index is 626. The molecule has 0 spiro atoms. The third-order valence-corrected chi connectivity index (χ3v) is 4.71. The molecule has 1 aliphatic rings. The van der Waals surface area contributed by atoms with Gasteiger partial charge in [-0.05, 0) is 39.8 Å². The van der Waals surface area contributed by atoms with Gasteiger partial charge in [0, 0.05) is 6.07 Å². The molecule has 0 saturated carbocycles. The summed E-state index contributed by atoms with van der Waals surface area (Å²) in [6, 6.07) is 2.43.